The van der Waals surface area contributed by atoms with Crippen LogP contribution in [-0.2, 0) is 0 Å². The van der Waals surface area contributed by atoms with Crippen LogP contribution in [0.3, 0.4) is 0 Å². The minimum atomic E-state index is -0.232. The lowest BCUT2D eigenvalue weighted by Crippen LogP contribution is -2.24. The van der Waals surface area contributed by atoms with Crippen molar-refractivity contribution in [3.63, 3.8) is 0 Å². The fourth-order valence-corrected chi connectivity index (χ4v) is 2.13. The number of hydrogen-bond donors (Lipinski definition) is 2. The molecule has 2 N–H and O–H groups in total. The molecule has 23 heavy (non-hydrogen) atoms. The first kappa shape index (κ1) is 16.7. The molecular weight excluding hydrogens is 290 g/mol. The van der Waals surface area contributed by atoms with Crippen molar-refractivity contribution in [3.8, 4) is 0 Å². The van der Waals surface area contributed by atoms with Gasteiger partial charge in [0.1, 0.15) is 0 Å². The van der Waals surface area contributed by atoms with E-state index in [1.807, 2.05) is 26.8 Å². The topological polar surface area (TPSA) is 71.1 Å². The molecule has 0 aliphatic heterocycles. The highest BCUT2D eigenvalue weighted by Crippen LogP contribution is 2.18. The fraction of sp³-hybridized carbons (Fsp3) is 0.278. The van der Waals surface area contributed by atoms with Gasteiger partial charge >= 0.3 is 0 Å². The maximum absolute atomic E-state index is 12.4. The average molecular weight is 311 g/mol. The Morgan fingerprint density at radius 3 is 2.57 bits per heavy atom. The highest BCUT2D eigenvalue weighted by Gasteiger charge is 2.12. The highest BCUT2D eigenvalue weighted by molar-refractivity contribution is 6.06. The molecular formula is C18H21N3O2. The first-order valence-corrected chi connectivity index (χ1v) is 7.63. The summed E-state index contributed by atoms with van der Waals surface area (Å²) >= 11 is 0. The van der Waals surface area contributed by atoms with Crippen molar-refractivity contribution >= 4 is 17.5 Å². The molecule has 1 aromatic heterocycles. The van der Waals surface area contributed by atoms with Crippen LogP contribution < -0.4 is 10.6 Å². The summed E-state index contributed by atoms with van der Waals surface area (Å²) in [6.07, 6.45) is 4.06. The van der Waals surface area contributed by atoms with Gasteiger partial charge in [-0.2, -0.15) is 0 Å². The van der Waals surface area contributed by atoms with Crippen molar-refractivity contribution in [2.45, 2.75) is 27.2 Å². The van der Waals surface area contributed by atoms with Gasteiger partial charge < -0.3 is 10.6 Å². The first-order valence-electron chi connectivity index (χ1n) is 7.63. The molecule has 5 nitrogen and oxygen atoms in total. The van der Waals surface area contributed by atoms with Crippen LogP contribution in [0.2, 0.25) is 0 Å². The van der Waals surface area contributed by atoms with Gasteiger partial charge in [-0.05, 0) is 49.6 Å². The summed E-state index contributed by atoms with van der Waals surface area (Å²) in [4.78, 5) is 28.4. The van der Waals surface area contributed by atoms with Crippen LogP contribution in [0.1, 0.15) is 45.2 Å². The van der Waals surface area contributed by atoms with Crippen LogP contribution in [0.25, 0.3) is 0 Å². The van der Waals surface area contributed by atoms with Gasteiger partial charge in [0.2, 0.25) is 0 Å². The van der Waals surface area contributed by atoms with Gasteiger partial charge in [-0.1, -0.05) is 13.0 Å². The largest absolute Gasteiger partial charge is 0.352 e. The molecule has 0 fully saturated rings. The SMILES string of the molecule is CCCNC(=O)c1ccc(C)c(NC(=O)c2cnccc2C)c1. The molecule has 0 saturated carbocycles. The van der Waals surface area contributed by atoms with E-state index in [1.54, 1.807) is 24.4 Å². The molecule has 0 unspecified atom stereocenters. The molecule has 2 aromatic rings. The predicted molar refractivity (Wildman–Crippen MR) is 90.7 cm³/mol. The lowest BCUT2D eigenvalue weighted by molar-refractivity contribution is 0.0952. The number of aryl methyl sites for hydroxylation is 2. The zero-order chi connectivity index (χ0) is 16.8. The number of carbonyl (C=O) groups excluding carboxylic acids is 2. The number of aromatic nitrogens is 1. The fourth-order valence-electron chi connectivity index (χ4n) is 2.13. The van der Waals surface area contributed by atoms with E-state index in [1.165, 1.54) is 6.20 Å². The molecule has 2 amide bonds. The molecule has 0 spiro atoms. The molecule has 2 rings (SSSR count). The summed E-state index contributed by atoms with van der Waals surface area (Å²) < 4.78 is 0. The summed E-state index contributed by atoms with van der Waals surface area (Å²) in [5.41, 5.74) is 3.43. The quantitative estimate of drug-likeness (QED) is 0.891. The minimum absolute atomic E-state index is 0.139. The van der Waals surface area contributed by atoms with Crippen LogP contribution in [0.4, 0.5) is 5.69 Å². The summed E-state index contributed by atoms with van der Waals surface area (Å²) in [6, 6.07) is 7.07. The Balaban J connectivity index is 2.21. The number of carbonyl (C=O) groups is 2. The second kappa shape index (κ2) is 7.54. The standard InChI is InChI=1S/C18H21N3O2/c1-4-8-20-17(22)14-6-5-13(3)16(10-14)21-18(23)15-11-19-9-7-12(15)2/h5-7,9-11H,4,8H2,1-3H3,(H,20,22)(H,21,23). The monoisotopic (exact) mass is 311 g/mol. The van der Waals surface area contributed by atoms with Crippen LogP contribution in [0, 0.1) is 13.8 Å². The van der Waals surface area contributed by atoms with Gasteiger partial charge in [0.05, 0.1) is 5.56 Å². The van der Waals surface area contributed by atoms with Gasteiger partial charge in [-0.3, -0.25) is 14.6 Å². The van der Waals surface area contributed by atoms with Crippen LogP contribution in [0.15, 0.2) is 36.7 Å². The second-order valence-corrected chi connectivity index (χ2v) is 5.43. The Morgan fingerprint density at radius 2 is 1.87 bits per heavy atom. The van der Waals surface area contributed by atoms with E-state index in [-0.39, 0.29) is 11.8 Å². The average Bonchev–Trinajstić information content (AvgIpc) is 2.55. The van der Waals surface area contributed by atoms with E-state index in [4.69, 9.17) is 0 Å². The van der Waals surface area contributed by atoms with Gasteiger partial charge in [0.25, 0.3) is 11.8 Å². The Kier molecular flexibility index (Phi) is 5.46. The molecule has 0 saturated heterocycles. The normalized spacial score (nSPS) is 10.2. The number of nitrogens with one attached hydrogen (secondary N) is 2. The van der Waals surface area contributed by atoms with Gasteiger partial charge in [-0.25, -0.2) is 0 Å². The molecule has 0 atom stereocenters. The number of rotatable bonds is 5. The molecule has 0 aliphatic carbocycles. The first-order chi connectivity index (χ1) is 11.0. The number of anilines is 1. The number of hydrogen-bond acceptors (Lipinski definition) is 3. The van der Waals surface area contributed by atoms with Crippen molar-refractivity contribution in [1.82, 2.24) is 10.3 Å². The van der Waals surface area contributed by atoms with E-state index in [0.29, 0.717) is 23.4 Å². The molecule has 1 heterocycles. The minimum Gasteiger partial charge on any atom is -0.352 e. The molecule has 0 radical (unpaired) electrons. The van der Waals surface area contributed by atoms with E-state index in [0.717, 1.165) is 17.5 Å². The predicted octanol–water partition coefficient (Wildman–Crippen LogP) is 3.09. The van der Waals surface area contributed by atoms with Crippen molar-refractivity contribution in [2.75, 3.05) is 11.9 Å². The zero-order valence-corrected chi connectivity index (χ0v) is 13.6. The number of pyridine rings is 1. The van der Waals surface area contributed by atoms with Crippen molar-refractivity contribution < 1.29 is 9.59 Å². The summed E-state index contributed by atoms with van der Waals surface area (Å²) in [5, 5.41) is 5.69. The number of benzene rings is 1. The van der Waals surface area contributed by atoms with Gasteiger partial charge in [-0.15, -0.1) is 0 Å². The number of amides is 2. The third-order valence-electron chi connectivity index (χ3n) is 3.57. The van der Waals surface area contributed by atoms with Crippen LogP contribution >= 0.6 is 0 Å². The van der Waals surface area contributed by atoms with E-state index >= 15 is 0 Å². The molecule has 5 heteroatoms. The molecule has 0 aliphatic rings. The number of nitrogens with zero attached hydrogens (tertiary/aromatic N) is 1. The van der Waals surface area contributed by atoms with Crippen molar-refractivity contribution in [1.29, 1.82) is 0 Å². The molecule has 1 aromatic carbocycles. The Morgan fingerprint density at radius 1 is 1.09 bits per heavy atom. The molecule has 0 bridgehead atoms. The maximum atomic E-state index is 12.4. The van der Waals surface area contributed by atoms with E-state index < -0.39 is 0 Å². The third-order valence-corrected chi connectivity index (χ3v) is 3.57. The lowest BCUT2D eigenvalue weighted by atomic mass is 10.1. The van der Waals surface area contributed by atoms with E-state index in [9.17, 15) is 9.59 Å². The lowest BCUT2D eigenvalue weighted by Gasteiger charge is -2.12. The summed E-state index contributed by atoms with van der Waals surface area (Å²) in [6.45, 7) is 6.37. The van der Waals surface area contributed by atoms with Gasteiger partial charge in [0, 0.05) is 30.2 Å². The van der Waals surface area contributed by atoms with Crippen LogP contribution in [-0.4, -0.2) is 23.3 Å². The smallest absolute Gasteiger partial charge is 0.257 e. The van der Waals surface area contributed by atoms with Gasteiger partial charge in [0.15, 0.2) is 0 Å². The highest BCUT2D eigenvalue weighted by atomic mass is 16.2. The Labute approximate surface area is 136 Å². The zero-order valence-electron chi connectivity index (χ0n) is 13.6. The van der Waals surface area contributed by atoms with Crippen LogP contribution in [0.5, 0.6) is 0 Å². The maximum Gasteiger partial charge on any atom is 0.257 e. The van der Waals surface area contributed by atoms with Crippen molar-refractivity contribution in [2.24, 2.45) is 0 Å². The second-order valence-electron chi connectivity index (χ2n) is 5.43. The summed E-state index contributed by atoms with van der Waals surface area (Å²) in [7, 11) is 0. The summed E-state index contributed by atoms with van der Waals surface area (Å²) in [5.74, 6) is -0.371. The molecule has 120 valence electrons. The van der Waals surface area contributed by atoms with Crippen molar-refractivity contribution in [3.05, 3.63) is 58.9 Å². The van der Waals surface area contributed by atoms with E-state index in [2.05, 4.69) is 15.6 Å². The Bertz CT molecular complexity index is 726. The Hall–Kier alpha value is -2.69. The third kappa shape index (κ3) is 4.16.